The Bertz CT molecular complexity index is 983. The number of nitrogens with zero attached hydrogens (tertiary/aromatic N) is 1. The first-order chi connectivity index (χ1) is 14.4. The average Bonchev–Trinajstić information content (AvgIpc) is 2.66. The Morgan fingerprint density at radius 3 is 2.10 bits per heavy atom. The molecule has 1 aliphatic carbocycles. The molecule has 1 aliphatic heterocycles. The van der Waals surface area contributed by atoms with E-state index in [0.717, 1.165) is 37.7 Å². The van der Waals surface area contributed by atoms with Gasteiger partial charge in [-0.05, 0) is 36.0 Å². The molecule has 0 bridgehead atoms. The van der Waals surface area contributed by atoms with Crippen molar-refractivity contribution in [3.8, 4) is 0 Å². The fourth-order valence-electron chi connectivity index (χ4n) is 4.18. The van der Waals surface area contributed by atoms with Crippen LogP contribution in [0.5, 0.6) is 0 Å². The molecule has 0 aromatic heterocycles. The molecule has 1 aromatic rings. The lowest BCUT2D eigenvalue weighted by Crippen LogP contribution is -2.59. The van der Waals surface area contributed by atoms with Crippen LogP contribution in [0.4, 0.5) is 0 Å². The molecule has 1 amide bonds. The van der Waals surface area contributed by atoms with E-state index in [1.54, 1.807) is 24.3 Å². The summed E-state index contributed by atoms with van der Waals surface area (Å²) in [5.41, 5.74) is 0.971. The zero-order chi connectivity index (χ0) is 22.9. The standard InChI is InChI=1S/C22H34N2O5S2/c1-22(2,3)17-9-11-19(12-10-17)31(28,29)23-14-13-21(25)24-15-20(16-24)30(26,27)18-7-5-4-6-8-18/h9-12,18,20,23H,4-8,13-16H2,1-3H3. The summed E-state index contributed by atoms with van der Waals surface area (Å²) in [5.74, 6) is -0.221. The quantitative estimate of drug-likeness (QED) is 0.660. The number of hydrogen-bond acceptors (Lipinski definition) is 5. The number of rotatable bonds is 7. The van der Waals surface area contributed by atoms with E-state index in [1.165, 1.54) is 4.90 Å². The van der Waals surface area contributed by atoms with Gasteiger partial charge in [-0.3, -0.25) is 4.79 Å². The summed E-state index contributed by atoms with van der Waals surface area (Å²) < 4.78 is 52.8. The van der Waals surface area contributed by atoms with Gasteiger partial charge >= 0.3 is 0 Å². The van der Waals surface area contributed by atoms with Gasteiger partial charge in [-0.1, -0.05) is 52.2 Å². The number of sulfonamides is 1. The van der Waals surface area contributed by atoms with E-state index in [-0.39, 0.29) is 47.5 Å². The van der Waals surface area contributed by atoms with Crippen molar-refractivity contribution in [2.75, 3.05) is 19.6 Å². The van der Waals surface area contributed by atoms with Gasteiger partial charge in [0, 0.05) is 26.1 Å². The highest BCUT2D eigenvalue weighted by atomic mass is 32.2. The highest BCUT2D eigenvalue weighted by molar-refractivity contribution is 7.92. The lowest BCUT2D eigenvalue weighted by atomic mass is 9.87. The fourth-order valence-corrected chi connectivity index (χ4v) is 7.53. The summed E-state index contributed by atoms with van der Waals surface area (Å²) in [7, 11) is -6.89. The fraction of sp³-hybridized carbons (Fsp3) is 0.682. The summed E-state index contributed by atoms with van der Waals surface area (Å²) in [4.78, 5) is 14.0. The van der Waals surface area contributed by atoms with Gasteiger partial charge in [0.15, 0.2) is 9.84 Å². The maximum Gasteiger partial charge on any atom is 0.240 e. The largest absolute Gasteiger partial charge is 0.340 e. The molecule has 2 aliphatic rings. The number of carbonyl (C=O) groups is 1. The molecule has 1 heterocycles. The van der Waals surface area contributed by atoms with Gasteiger partial charge in [-0.25, -0.2) is 21.6 Å². The molecule has 0 spiro atoms. The summed E-state index contributed by atoms with van der Waals surface area (Å²) >= 11 is 0. The van der Waals surface area contributed by atoms with E-state index < -0.39 is 25.1 Å². The second-order valence-corrected chi connectivity index (χ2v) is 14.0. The Balaban J connectivity index is 1.46. The van der Waals surface area contributed by atoms with Crippen LogP contribution in [-0.4, -0.2) is 57.8 Å². The lowest BCUT2D eigenvalue weighted by molar-refractivity contribution is -0.134. The van der Waals surface area contributed by atoms with E-state index in [4.69, 9.17) is 0 Å². The molecular formula is C22H34N2O5S2. The van der Waals surface area contributed by atoms with Crippen molar-refractivity contribution < 1.29 is 21.6 Å². The number of sulfone groups is 1. The number of carbonyl (C=O) groups excluding carboxylic acids is 1. The van der Waals surface area contributed by atoms with E-state index in [9.17, 15) is 21.6 Å². The third-order valence-corrected chi connectivity index (χ3v) is 10.4. The first-order valence-corrected chi connectivity index (χ1v) is 14.1. The Morgan fingerprint density at radius 1 is 0.968 bits per heavy atom. The molecule has 1 N–H and O–H groups in total. The third-order valence-electron chi connectivity index (χ3n) is 6.34. The van der Waals surface area contributed by atoms with Gasteiger partial charge in [0.05, 0.1) is 15.4 Å². The van der Waals surface area contributed by atoms with Crippen molar-refractivity contribution in [1.29, 1.82) is 0 Å². The lowest BCUT2D eigenvalue weighted by Gasteiger charge is -2.41. The molecule has 0 radical (unpaired) electrons. The van der Waals surface area contributed by atoms with Crippen LogP contribution < -0.4 is 4.72 Å². The zero-order valence-electron chi connectivity index (χ0n) is 18.6. The minimum atomic E-state index is -3.70. The Labute approximate surface area is 186 Å². The summed E-state index contributed by atoms with van der Waals surface area (Å²) in [6, 6.07) is 6.74. The van der Waals surface area contributed by atoms with Crippen LogP contribution in [0, 0.1) is 0 Å². The highest BCUT2D eigenvalue weighted by Gasteiger charge is 2.43. The molecule has 0 unspecified atom stereocenters. The van der Waals surface area contributed by atoms with E-state index in [1.807, 2.05) is 0 Å². The van der Waals surface area contributed by atoms with Crippen molar-refractivity contribution in [3.63, 3.8) is 0 Å². The first kappa shape index (κ1) is 24.2. The van der Waals surface area contributed by atoms with Gasteiger partial charge in [0.25, 0.3) is 0 Å². The van der Waals surface area contributed by atoms with Crippen LogP contribution in [0.3, 0.4) is 0 Å². The highest BCUT2D eigenvalue weighted by Crippen LogP contribution is 2.30. The van der Waals surface area contributed by atoms with Gasteiger partial charge < -0.3 is 4.90 Å². The molecule has 1 saturated heterocycles. The molecule has 1 aromatic carbocycles. The van der Waals surface area contributed by atoms with Crippen molar-refractivity contribution in [2.45, 2.75) is 80.1 Å². The second kappa shape index (κ2) is 9.19. The van der Waals surface area contributed by atoms with Crippen LogP contribution >= 0.6 is 0 Å². The number of nitrogens with one attached hydrogen (secondary N) is 1. The minimum Gasteiger partial charge on any atom is -0.340 e. The van der Waals surface area contributed by atoms with Crippen molar-refractivity contribution >= 4 is 25.8 Å². The number of benzene rings is 1. The molecule has 2 fully saturated rings. The Kier molecular flexibility index (Phi) is 7.18. The Morgan fingerprint density at radius 2 is 1.55 bits per heavy atom. The van der Waals surface area contributed by atoms with Crippen molar-refractivity contribution in [2.24, 2.45) is 0 Å². The third kappa shape index (κ3) is 5.68. The second-order valence-electron chi connectivity index (χ2n) is 9.69. The van der Waals surface area contributed by atoms with Crippen LogP contribution in [0.25, 0.3) is 0 Å². The summed E-state index contributed by atoms with van der Waals surface area (Å²) in [6.07, 6.45) is 4.47. The molecule has 3 rings (SSSR count). The smallest absolute Gasteiger partial charge is 0.240 e. The van der Waals surface area contributed by atoms with E-state index in [2.05, 4.69) is 25.5 Å². The Hall–Kier alpha value is -1.45. The van der Waals surface area contributed by atoms with Gasteiger partial charge in [-0.15, -0.1) is 0 Å². The van der Waals surface area contributed by atoms with Gasteiger partial charge in [0.2, 0.25) is 15.9 Å². The molecule has 9 heteroatoms. The van der Waals surface area contributed by atoms with Crippen LogP contribution in [0.2, 0.25) is 0 Å². The normalized spacial score (nSPS) is 19.3. The van der Waals surface area contributed by atoms with Gasteiger partial charge in [0.1, 0.15) is 0 Å². The van der Waals surface area contributed by atoms with E-state index in [0.29, 0.717) is 0 Å². The number of amides is 1. The van der Waals surface area contributed by atoms with Gasteiger partial charge in [-0.2, -0.15) is 0 Å². The molecule has 7 nitrogen and oxygen atoms in total. The molecule has 31 heavy (non-hydrogen) atoms. The molecule has 0 atom stereocenters. The summed E-state index contributed by atoms with van der Waals surface area (Å²) in [5, 5.41) is -0.738. The van der Waals surface area contributed by atoms with Crippen LogP contribution in [0.15, 0.2) is 29.2 Å². The van der Waals surface area contributed by atoms with Crippen molar-refractivity contribution in [3.05, 3.63) is 29.8 Å². The first-order valence-electron chi connectivity index (χ1n) is 11.0. The predicted octanol–water partition coefficient (Wildman–Crippen LogP) is 2.61. The zero-order valence-corrected chi connectivity index (χ0v) is 20.3. The maximum absolute atomic E-state index is 12.7. The molecular weight excluding hydrogens is 436 g/mol. The predicted molar refractivity (Wildman–Crippen MR) is 121 cm³/mol. The minimum absolute atomic E-state index is 0.00943. The average molecular weight is 471 g/mol. The van der Waals surface area contributed by atoms with Crippen LogP contribution in [-0.2, 0) is 30.1 Å². The molecule has 1 saturated carbocycles. The van der Waals surface area contributed by atoms with Crippen LogP contribution in [0.1, 0.15) is 64.9 Å². The SMILES string of the molecule is CC(C)(C)c1ccc(S(=O)(=O)NCCC(=O)N2CC(S(=O)(=O)C3CCCCC3)C2)cc1. The number of likely N-dealkylation sites (tertiary alicyclic amines) is 1. The maximum atomic E-state index is 12.7. The topological polar surface area (TPSA) is 101 Å². The summed E-state index contributed by atoms with van der Waals surface area (Å²) in [6.45, 7) is 6.60. The number of hydrogen-bond donors (Lipinski definition) is 1. The van der Waals surface area contributed by atoms with E-state index >= 15 is 0 Å². The van der Waals surface area contributed by atoms with Crippen molar-refractivity contribution in [1.82, 2.24) is 9.62 Å². The monoisotopic (exact) mass is 470 g/mol. The molecule has 174 valence electrons.